The van der Waals surface area contributed by atoms with Crippen LogP contribution >= 0.6 is 0 Å². The molecule has 0 aliphatic carbocycles. The molecule has 0 bridgehead atoms. The zero-order chi connectivity index (χ0) is 20.4. The zero-order valence-corrected chi connectivity index (χ0v) is 16.6. The maximum Gasteiger partial charge on any atom is 0.255 e. The van der Waals surface area contributed by atoms with Crippen molar-refractivity contribution >= 4 is 11.8 Å². The van der Waals surface area contributed by atoms with E-state index in [1.165, 1.54) is 0 Å². The molecule has 29 heavy (non-hydrogen) atoms. The van der Waals surface area contributed by atoms with Crippen molar-refractivity contribution in [2.24, 2.45) is 0 Å². The van der Waals surface area contributed by atoms with Crippen molar-refractivity contribution in [2.75, 3.05) is 13.6 Å². The molecule has 6 heteroatoms. The van der Waals surface area contributed by atoms with E-state index in [9.17, 15) is 9.59 Å². The third-order valence-corrected chi connectivity index (χ3v) is 5.34. The number of likely N-dealkylation sites (tertiary alicyclic amines) is 1. The van der Waals surface area contributed by atoms with Crippen LogP contribution in [-0.4, -0.2) is 46.1 Å². The number of nitrogens with zero attached hydrogens (tertiary/aromatic N) is 3. The summed E-state index contributed by atoms with van der Waals surface area (Å²) in [6.07, 6.45) is 2.89. The number of piperidine rings is 1. The van der Waals surface area contributed by atoms with E-state index in [1.807, 2.05) is 61.5 Å². The maximum absolute atomic E-state index is 13.2. The second kappa shape index (κ2) is 7.91. The molecule has 2 amide bonds. The monoisotopic (exact) mass is 388 g/mol. The van der Waals surface area contributed by atoms with Crippen molar-refractivity contribution < 1.29 is 9.59 Å². The van der Waals surface area contributed by atoms with Crippen LogP contribution in [0.5, 0.6) is 0 Å². The van der Waals surface area contributed by atoms with Crippen LogP contribution in [0.25, 0.3) is 16.9 Å². The fourth-order valence-corrected chi connectivity index (χ4v) is 3.68. The molecule has 1 unspecified atom stereocenters. The van der Waals surface area contributed by atoms with Gasteiger partial charge in [-0.25, -0.2) is 4.68 Å². The highest BCUT2D eigenvalue weighted by atomic mass is 16.2. The van der Waals surface area contributed by atoms with Gasteiger partial charge in [-0.1, -0.05) is 42.5 Å². The quantitative estimate of drug-likeness (QED) is 0.746. The summed E-state index contributed by atoms with van der Waals surface area (Å²) < 4.78 is 1.74. The number of hydrogen-bond acceptors (Lipinski definition) is 3. The molecule has 3 aromatic rings. The van der Waals surface area contributed by atoms with Gasteiger partial charge in [0.05, 0.1) is 11.3 Å². The van der Waals surface area contributed by atoms with Crippen molar-refractivity contribution in [3.05, 3.63) is 71.9 Å². The number of aryl methyl sites for hydroxylation is 1. The van der Waals surface area contributed by atoms with Gasteiger partial charge >= 0.3 is 0 Å². The highest BCUT2D eigenvalue weighted by Crippen LogP contribution is 2.27. The molecular weight excluding hydrogens is 364 g/mol. The Kier molecular flexibility index (Phi) is 5.16. The van der Waals surface area contributed by atoms with Crippen molar-refractivity contribution in [1.82, 2.24) is 20.0 Å². The fourth-order valence-electron chi connectivity index (χ4n) is 3.68. The molecule has 4 rings (SSSR count). The van der Waals surface area contributed by atoms with Crippen LogP contribution in [0, 0.1) is 6.92 Å². The number of aromatic nitrogens is 2. The van der Waals surface area contributed by atoms with E-state index in [0.29, 0.717) is 30.6 Å². The minimum Gasteiger partial charge on any atom is -0.347 e. The molecule has 1 aliphatic heterocycles. The first-order valence-electron chi connectivity index (χ1n) is 9.79. The summed E-state index contributed by atoms with van der Waals surface area (Å²) in [5, 5.41) is 7.84. The van der Waals surface area contributed by atoms with Crippen LogP contribution in [0.3, 0.4) is 0 Å². The van der Waals surface area contributed by atoms with Crippen molar-refractivity contribution in [3.8, 4) is 16.9 Å². The van der Waals surface area contributed by atoms with Crippen LogP contribution in [-0.2, 0) is 4.79 Å². The Bertz CT molecular complexity index is 1040. The van der Waals surface area contributed by atoms with E-state index in [1.54, 1.807) is 22.8 Å². The van der Waals surface area contributed by atoms with Gasteiger partial charge in [0.15, 0.2) is 0 Å². The zero-order valence-electron chi connectivity index (χ0n) is 16.6. The molecule has 1 atom stereocenters. The average molecular weight is 388 g/mol. The third-order valence-electron chi connectivity index (χ3n) is 5.34. The summed E-state index contributed by atoms with van der Waals surface area (Å²) in [6, 6.07) is 17.6. The summed E-state index contributed by atoms with van der Waals surface area (Å²) in [5.74, 6) is -0.0498. The van der Waals surface area contributed by atoms with Crippen LogP contribution < -0.4 is 5.32 Å². The smallest absolute Gasteiger partial charge is 0.255 e. The third kappa shape index (κ3) is 3.92. The van der Waals surface area contributed by atoms with E-state index in [4.69, 9.17) is 5.10 Å². The van der Waals surface area contributed by atoms with Crippen LogP contribution in [0.4, 0.5) is 0 Å². The molecule has 148 valence electrons. The fraction of sp³-hybridized carbons (Fsp3) is 0.261. The molecule has 1 aromatic heterocycles. The van der Waals surface area contributed by atoms with E-state index >= 15 is 0 Å². The number of nitrogens with one attached hydrogen (secondary N) is 1. The van der Waals surface area contributed by atoms with Gasteiger partial charge in [0.2, 0.25) is 5.91 Å². The Hall–Kier alpha value is -3.41. The lowest BCUT2D eigenvalue weighted by atomic mass is 10.0. The van der Waals surface area contributed by atoms with E-state index in [0.717, 1.165) is 16.8 Å². The second-order valence-corrected chi connectivity index (χ2v) is 7.47. The molecule has 1 N–H and O–H groups in total. The molecule has 1 aliphatic rings. The number of likely N-dealkylation sites (N-methyl/N-ethyl adjacent to an activating group) is 1. The predicted octanol–water partition coefficient (Wildman–Crippen LogP) is 3.20. The average Bonchev–Trinajstić information content (AvgIpc) is 3.17. The Balaban J connectivity index is 1.69. The molecule has 0 radical (unpaired) electrons. The number of carbonyl (C=O) groups excluding carboxylic acids is 2. The van der Waals surface area contributed by atoms with Crippen molar-refractivity contribution in [3.63, 3.8) is 0 Å². The largest absolute Gasteiger partial charge is 0.347 e. The first-order chi connectivity index (χ1) is 14.0. The lowest BCUT2D eigenvalue weighted by molar-refractivity contribution is -0.132. The van der Waals surface area contributed by atoms with Crippen molar-refractivity contribution in [1.29, 1.82) is 0 Å². The first-order valence-corrected chi connectivity index (χ1v) is 9.79. The Labute approximate surface area is 170 Å². The minimum absolute atomic E-state index is 0.0602. The van der Waals surface area contributed by atoms with E-state index < -0.39 is 0 Å². The Morgan fingerprint density at radius 3 is 2.55 bits per heavy atom. The van der Waals surface area contributed by atoms with Crippen LogP contribution in [0.15, 0.2) is 60.8 Å². The van der Waals surface area contributed by atoms with E-state index in [-0.39, 0.29) is 17.9 Å². The lowest BCUT2D eigenvalue weighted by Gasteiger charge is -2.30. The molecule has 0 saturated carbocycles. The van der Waals surface area contributed by atoms with Gasteiger partial charge in [-0.3, -0.25) is 9.59 Å². The molecule has 2 heterocycles. The highest BCUT2D eigenvalue weighted by Gasteiger charge is 2.26. The highest BCUT2D eigenvalue weighted by molar-refractivity contribution is 6.00. The van der Waals surface area contributed by atoms with Crippen molar-refractivity contribution in [2.45, 2.75) is 25.8 Å². The number of benzene rings is 2. The number of amides is 2. The van der Waals surface area contributed by atoms with Gasteiger partial charge in [0.25, 0.3) is 5.91 Å². The molecule has 1 fully saturated rings. The summed E-state index contributed by atoms with van der Waals surface area (Å²) >= 11 is 0. The van der Waals surface area contributed by atoms with Crippen LogP contribution in [0.2, 0.25) is 0 Å². The number of carbonyl (C=O) groups is 2. The van der Waals surface area contributed by atoms with Gasteiger partial charge in [0.1, 0.15) is 5.69 Å². The molecule has 0 spiro atoms. The predicted molar refractivity (Wildman–Crippen MR) is 112 cm³/mol. The summed E-state index contributed by atoms with van der Waals surface area (Å²) in [6.45, 7) is 2.54. The van der Waals surface area contributed by atoms with E-state index in [2.05, 4.69) is 5.32 Å². The molecule has 6 nitrogen and oxygen atoms in total. The molecule has 2 aromatic carbocycles. The Morgan fingerprint density at radius 2 is 1.83 bits per heavy atom. The minimum atomic E-state index is -0.168. The van der Waals surface area contributed by atoms with Gasteiger partial charge in [-0.2, -0.15) is 5.10 Å². The lowest BCUT2D eigenvalue weighted by Crippen LogP contribution is -2.48. The van der Waals surface area contributed by atoms with Crippen LogP contribution in [0.1, 0.15) is 28.8 Å². The second-order valence-electron chi connectivity index (χ2n) is 7.47. The van der Waals surface area contributed by atoms with Gasteiger partial charge in [-0.15, -0.1) is 0 Å². The topological polar surface area (TPSA) is 67.2 Å². The number of rotatable bonds is 4. The van der Waals surface area contributed by atoms with Gasteiger partial charge in [-0.05, 0) is 31.0 Å². The number of hydrogen-bond donors (Lipinski definition) is 1. The summed E-state index contributed by atoms with van der Waals surface area (Å²) in [4.78, 5) is 26.6. The molecule has 1 saturated heterocycles. The summed E-state index contributed by atoms with van der Waals surface area (Å²) in [7, 11) is 1.77. The normalized spacial score (nSPS) is 16.7. The SMILES string of the molecule is Cc1ccccc1-c1nn(-c2ccccc2)cc1C(=O)NC1CCC(=O)N(C)C1. The maximum atomic E-state index is 13.2. The first kappa shape index (κ1) is 18.9. The standard InChI is InChI=1S/C23H24N4O2/c1-16-8-6-7-11-19(16)22-20(15-27(25-22)18-9-4-3-5-10-18)23(29)24-17-12-13-21(28)26(2)14-17/h3-11,15,17H,12-14H2,1-2H3,(H,24,29). The summed E-state index contributed by atoms with van der Waals surface area (Å²) in [5.41, 5.74) is 4.07. The van der Waals surface area contributed by atoms with Gasteiger partial charge in [0, 0.05) is 37.8 Å². The van der Waals surface area contributed by atoms with Gasteiger partial charge < -0.3 is 10.2 Å². The Morgan fingerprint density at radius 1 is 1.10 bits per heavy atom. The molecular formula is C23H24N4O2. The number of para-hydroxylation sites is 1.